The van der Waals surface area contributed by atoms with Crippen LogP contribution in [0.15, 0.2) is 66.7 Å². The fourth-order valence-corrected chi connectivity index (χ4v) is 4.54. The molecule has 2 aliphatic heterocycles. The first kappa shape index (κ1) is 23.3. The first-order chi connectivity index (χ1) is 17.4. The minimum atomic E-state index is -1.01. The van der Waals surface area contributed by atoms with E-state index in [-0.39, 0.29) is 19.0 Å². The van der Waals surface area contributed by atoms with Crippen LogP contribution in [0.2, 0.25) is 0 Å². The summed E-state index contributed by atoms with van der Waals surface area (Å²) in [4.78, 5) is 41.3. The third-order valence-electron chi connectivity index (χ3n) is 6.36. The number of anilines is 1. The molecule has 1 unspecified atom stereocenters. The molecule has 0 radical (unpaired) electrons. The van der Waals surface area contributed by atoms with E-state index in [1.54, 1.807) is 49.6 Å². The van der Waals surface area contributed by atoms with Gasteiger partial charge in [0.15, 0.2) is 12.3 Å². The van der Waals surface area contributed by atoms with Crippen LogP contribution in [0.4, 0.5) is 10.5 Å². The summed E-state index contributed by atoms with van der Waals surface area (Å²) in [6, 6.07) is 19.4. The van der Waals surface area contributed by atoms with Crippen molar-refractivity contribution in [3.8, 4) is 11.5 Å². The number of amides is 4. The number of carbonyl (C=O) groups excluding carboxylic acids is 3. The number of aryl methyl sites for hydroxylation is 2. The summed E-state index contributed by atoms with van der Waals surface area (Å²) >= 11 is 0. The first-order valence-corrected chi connectivity index (χ1v) is 11.6. The molecule has 2 aliphatic rings. The summed E-state index contributed by atoms with van der Waals surface area (Å²) in [6.07, 6.45) is -1.01. The quantitative estimate of drug-likeness (QED) is 0.540. The second-order valence-electron chi connectivity index (χ2n) is 8.89. The van der Waals surface area contributed by atoms with Crippen molar-refractivity contribution in [2.75, 3.05) is 19.0 Å². The largest absolute Gasteiger partial charge is 0.501 e. The molecule has 4 amide bonds. The molecule has 5 rings (SSSR count). The highest BCUT2D eigenvalue weighted by atomic mass is 16.5. The number of ether oxygens (including phenoxy) is 2. The van der Waals surface area contributed by atoms with E-state index >= 15 is 0 Å². The van der Waals surface area contributed by atoms with Crippen molar-refractivity contribution in [2.45, 2.75) is 26.5 Å². The monoisotopic (exact) mass is 484 g/mol. The molecule has 1 N–H and O–H groups in total. The van der Waals surface area contributed by atoms with Crippen LogP contribution in [0, 0.1) is 13.8 Å². The molecule has 0 aliphatic carbocycles. The number of benzene rings is 3. The molecule has 0 saturated carbocycles. The van der Waals surface area contributed by atoms with Crippen molar-refractivity contribution >= 4 is 29.2 Å². The van der Waals surface area contributed by atoms with Crippen LogP contribution in [0.25, 0.3) is 0 Å². The van der Waals surface area contributed by atoms with Crippen molar-refractivity contribution < 1.29 is 28.4 Å². The lowest BCUT2D eigenvalue weighted by atomic mass is 10.0. The lowest BCUT2D eigenvalue weighted by molar-refractivity contribution is -0.428. The molecule has 0 fully saturated rings. The first-order valence-electron chi connectivity index (χ1n) is 11.6. The molecule has 8 heteroatoms. The van der Waals surface area contributed by atoms with Gasteiger partial charge in [-0.05, 0) is 55.3 Å². The number of imide groups is 1. The number of hydrogen-bond donors (Lipinski definition) is 1. The number of fused-ring (bicyclic) bond motifs is 3. The number of urea groups is 1. The summed E-state index contributed by atoms with van der Waals surface area (Å²) < 4.78 is 12.5. The Morgan fingerprint density at radius 3 is 2.53 bits per heavy atom. The normalized spacial score (nSPS) is 16.4. The summed E-state index contributed by atoms with van der Waals surface area (Å²) in [5, 5.41) is 2.89. The van der Waals surface area contributed by atoms with Crippen molar-refractivity contribution in [3.63, 3.8) is 0 Å². The van der Waals surface area contributed by atoms with Gasteiger partial charge in [-0.1, -0.05) is 42.0 Å². The number of nitrogens with zero attached hydrogens (tertiary/aromatic N) is 2. The minimum Gasteiger partial charge on any atom is -0.497 e. The van der Waals surface area contributed by atoms with Gasteiger partial charge in [0.1, 0.15) is 18.0 Å². The molecule has 2 heterocycles. The van der Waals surface area contributed by atoms with Crippen molar-refractivity contribution in [2.24, 2.45) is 0 Å². The average Bonchev–Trinajstić information content (AvgIpc) is 3.26. The van der Waals surface area contributed by atoms with E-state index in [1.165, 1.54) is 4.58 Å². The number of nitrogens with one attached hydrogen (secondary N) is 1. The molecule has 0 aromatic heterocycles. The van der Waals surface area contributed by atoms with Gasteiger partial charge in [0.2, 0.25) is 0 Å². The van der Waals surface area contributed by atoms with E-state index in [9.17, 15) is 14.4 Å². The number of para-hydroxylation sites is 1. The van der Waals surface area contributed by atoms with Gasteiger partial charge in [0.25, 0.3) is 12.0 Å². The zero-order valence-electron chi connectivity index (χ0n) is 20.3. The highest BCUT2D eigenvalue weighted by Crippen LogP contribution is 2.32. The van der Waals surface area contributed by atoms with Gasteiger partial charge in [0, 0.05) is 5.69 Å². The van der Waals surface area contributed by atoms with Gasteiger partial charge >= 0.3 is 11.9 Å². The zero-order chi connectivity index (χ0) is 25.4. The van der Waals surface area contributed by atoms with Gasteiger partial charge in [-0.2, -0.15) is 14.3 Å². The maximum absolute atomic E-state index is 13.7. The highest BCUT2D eigenvalue weighted by molar-refractivity contribution is 6.22. The Morgan fingerprint density at radius 1 is 1.06 bits per heavy atom. The summed E-state index contributed by atoms with van der Waals surface area (Å²) in [5.41, 5.74) is 4.45. The topological polar surface area (TPSA) is 87.9 Å². The molecule has 182 valence electrons. The second kappa shape index (κ2) is 9.30. The molecule has 0 spiro atoms. The Kier molecular flexibility index (Phi) is 6.01. The predicted molar refractivity (Wildman–Crippen MR) is 134 cm³/mol. The van der Waals surface area contributed by atoms with Crippen molar-refractivity contribution in [1.29, 1.82) is 0 Å². The van der Waals surface area contributed by atoms with Gasteiger partial charge < -0.3 is 14.8 Å². The van der Waals surface area contributed by atoms with Gasteiger partial charge in [-0.25, -0.2) is 4.79 Å². The maximum Gasteiger partial charge on any atom is 0.501 e. The van der Waals surface area contributed by atoms with Crippen LogP contribution >= 0.6 is 0 Å². The zero-order valence-corrected chi connectivity index (χ0v) is 20.3. The lowest BCUT2D eigenvalue weighted by Crippen LogP contribution is -2.58. The van der Waals surface area contributed by atoms with Crippen LogP contribution in [0.3, 0.4) is 0 Å². The molecule has 1 atom stereocenters. The summed E-state index contributed by atoms with van der Waals surface area (Å²) in [7, 11) is 1.57. The number of methoxy groups -OCH3 is 1. The van der Waals surface area contributed by atoms with Gasteiger partial charge in [-0.15, -0.1) is 0 Å². The Hall–Kier alpha value is -4.46. The lowest BCUT2D eigenvalue weighted by Gasteiger charge is -2.24. The Bertz CT molecular complexity index is 1410. The summed E-state index contributed by atoms with van der Waals surface area (Å²) in [6.45, 7) is 3.67. The van der Waals surface area contributed by atoms with Crippen LogP contribution in [-0.2, 0) is 16.1 Å². The molecule has 0 saturated heterocycles. The molecule has 3 aromatic rings. The standard InChI is InChI=1S/C28H25N3O5/c1-17-8-13-22(18(2)14-17)29-24(32)16-30-25-21-6-4-5-7-23(21)36-26(25)27(33)31(28(30)34)15-19-9-11-20(35-3)12-10-19/h4-14,26H,15-16H2,1-3H3/p+1. The fourth-order valence-electron chi connectivity index (χ4n) is 4.54. The Balaban J connectivity index is 1.49. The Morgan fingerprint density at radius 2 is 1.81 bits per heavy atom. The third-order valence-corrected chi connectivity index (χ3v) is 6.36. The molecular formula is C28H26N3O5+. The number of carbonyl (C=O) groups is 3. The fraction of sp³-hybridized carbons (Fsp3) is 0.214. The predicted octanol–water partition coefficient (Wildman–Crippen LogP) is 3.68. The van der Waals surface area contributed by atoms with E-state index < -0.39 is 18.0 Å². The van der Waals surface area contributed by atoms with E-state index in [2.05, 4.69) is 5.32 Å². The highest BCUT2D eigenvalue weighted by Gasteiger charge is 2.54. The average molecular weight is 485 g/mol. The van der Waals surface area contributed by atoms with E-state index in [4.69, 9.17) is 9.47 Å². The molecule has 36 heavy (non-hydrogen) atoms. The van der Waals surface area contributed by atoms with Crippen LogP contribution in [-0.4, -0.2) is 52.8 Å². The Labute approximate surface area is 208 Å². The van der Waals surface area contributed by atoms with E-state index in [0.717, 1.165) is 21.6 Å². The van der Waals surface area contributed by atoms with Crippen molar-refractivity contribution in [1.82, 2.24) is 4.90 Å². The van der Waals surface area contributed by atoms with Crippen molar-refractivity contribution in [3.05, 3.63) is 89.0 Å². The number of hydrogen-bond acceptors (Lipinski definition) is 5. The molecule has 3 aromatic carbocycles. The van der Waals surface area contributed by atoms with Crippen LogP contribution in [0.1, 0.15) is 22.3 Å². The van der Waals surface area contributed by atoms with Gasteiger partial charge in [0.05, 0.1) is 12.7 Å². The SMILES string of the molecule is COc1ccc(CN2C(=O)C3Oc4ccccc4C3=[N+](CC(=O)Nc3ccc(C)cc3C)C2=O)cc1. The second-order valence-corrected chi connectivity index (χ2v) is 8.89. The summed E-state index contributed by atoms with van der Waals surface area (Å²) in [5.74, 6) is 0.340. The smallest absolute Gasteiger partial charge is 0.497 e. The third kappa shape index (κ3) is 4.22. The van der Waals surface area contributed by atoms with E-state index in [1.807, 2.05) is 38.1 Å². The van der Waals surface area contributed by atoms with Crippen LogP contribution in [0.5, 0.6) is 11.5 Å². The van der Waals surface area contributed by atoms with Gasteiger partial charge in [-0.3, -0.25) is 4.79 Å². The minimum absolute atomic E-state index is 0.0420. The van der Waals surface area contributed by atoms with Crippen LogP contribution < -0.4 is 14.8 Å². The maximum atomic E-state index is 13.7. The molecule has 8 nitrogen and oxygen atoms in total. The molecular weight excluding hydrogens is 458 g/mol. The molecule has 0 bridgehead atoms. The number of rotatable bonds is 6. The van der Waals surface area contributed by atoms with E-state index in [0.29, 0.717) is 28.5 Å².